The van der Waals surface area contributed by atoms with Crippen molar-refractivity contribution in [1.82, 2.24) is 10.1 Å². The number of rotatable bonds is 3. The molecular formula is C16H20N2O2. The Morgan fingerprint density at radius 1 is 1.30 bits per heavy atom. The molecular weight excluding hydrogens is 252 g/mol. The maximum Gasteiger partial charge on any atom is 0.228 e. The lowest BCUT2D eigenvalue weighted by Crippen LogP contribution is -2.39. The predicted octanol–water partition coefficient (Wildman–Crippen LogP) is 3.16. The lowest BCUT2D eigenvalue weighted by Gasteiger charge is -2.31. The summed E-state index contributed by atoms with van der Waals surface area (Å²) < 4.78 is 5.25. The van der Waals surface area contributed by atoms with Crippen LogP contribution in [0.25, 0.3) is 11.0 Å². The van der Waals surface area contributed by atoms with Crippen molar-refractivity contribution in [2.24, 2.45) is 0 Å². The SMILES string of the molecule is CN(C(=O)Cc1noc2ccccc12)C1CCCCC1. The number of likely N-dealkylation sites (N-methyl/N-ethyl adjacent to an activating group) is 1. The standard InChI is InChI=1S/C16H20N2O2/c1-18(12-7-3-2-4-8-12)16(19)11-14-13-9-5-6-10-15(13)20-17-14/h5-6,9-10,12H,2-4,7-8,11H2,1H3. The smallest absolute Gasteiger partial charge is 0.228 e. The molecule has 0 spiro atoms. The highest BCUT2D eigenvalue weighted by Gasteiger charge is 2.23. The van der Waals surface area contributed by atoms with Gasteiger partial charge in [0, 0.05) is 18.5 Å². The fourth-order valence-electron chi connectivity index (χ4n) is 3.01. The molecule has 106 valence electrons. The number of aromatic nitrogens is 1. The molecule has 1 aliphatic carbocycles. The van der Waals surface area contributed by atoms with Gasteiger partial charge in [-0.1, -0.05) is 36.6 Å². The van der Waals surface area contributed by atoms with E-state index in [-0.39, 0.29) is 5.91 Å². The number of hydrogen-bond donors (Lipinski definition) is 0. The molecule has 0 N–H and O–H groups in total. The molecule has 0 radical (unpaired) electrons. The van der Waals surface area contributed by atoms with Crippen LogP contribution in [0.2, 0.25) is 0 Å². The summed E-state index contributed by atoms with van der Waals surface area (Å²) in [5.74, 6) is 0.135. The number of benzene rings is 1. The van der Waals surface area contributed by atoms with Crippen molar-refractivity contribution < 1.29 is 9.32 Å². The quantitative estimate of drug-likeness (QED) is 0.862. The van der Waals surface area contributed by atoms with Crippen molar-refractivity contribution in [2.45, 2.75) is 44.6 Å². The number of amides is 1. The number of hydrogen-bond acceptors (Lipinski definition) is 3. The molecule has 0 atom stereocenters. The van der Waals surface area contributed by atoms with Gasteiger partial charge in [-0.3, -0.25) is 4.79 Å². The van der Waals surface area contributed by atoms with Gasteiger partial charge in [0.1, 0.15) is 5.69 Å². The Morgan fingerprint density at radius 2 is 2.05 bits per heavy atom. The normalized spacial score (nSPS) is 16.4. The highest BCUT2D eigenvalue weighted by molar-refractivity contribution is 5.86. The molecule has 0 aliphatic heterocycles. The second-order valence-corrected chi connectivity index (χ2v) is 5.60. The molecule has 4 heteroatoms. The molecule has 4 nitrogen and oxygen atoms in total. The number of carbonyl (C=O) groups excluding carboxylic acids is 1. The highest BCUT2D eigenvalue weighted by atomic mass is 16.5. The molecule has 0 unspecified atom stereocenters. The van der Waals surface area contributed by atoms with Crippen molar-refractivity contribution in [3.63, 3.8) is 0 Å². The van der Waals surface area contributed by atoms with Gasteiger partial charge in [-0.15, -0.1) is 0 Å². The largest absolute Gasteiger partial charge is 0.356 e. The molecule has 2 aromatic rings. The Hall–Kier alpha value is -1.84. The zero-order valence-electron chi connectivity index (χ0n) is 11.8. The van der Waals surface area contributed by atoms with E-state index >= 15 is 0 Å². The van der Waals surface area contributed by atoms with Crippen molar-refractivity contribution in [3.8, 4) is 0 Å². The van der Waals surface area contributed by atoms with Crippen LogP contribution in [0.3, 0.4) is 0 Å². The van der Waals surface area contributed by atoms with E-state index in [4.69, 9.17) is 4.52 Å². The molecule has 20 heavy (non-hydrogen) atoms. The summed E-state index contributed by atoms with van der Waals surface area (Å²) >= 11 is 0. The number of carbonyl (C=O) groups is 1. The number of nitrogens with zero attached hydrogens (tertiary/aromatic N) is 2. The van der Waals surface area contributed by atoms with Crippen LogP contribution in [0.15, 0.2) is 28.8 Å². The molecule has 1 aromatic carbocycles. The molecule has 1 fully saturated rings. The molecule has 1 heterocycles. The van der Waals surface area contributed by atoms with E-state index in [1.54, 1.807) is 0 Å². The van der Waals surface area contributed by atoms with Crippen LogP contribution in [-0.2, 0) is 11.2 Å². The van der Waals surface area contributed by atoms with Crippen LogP contribution < -0.4 is 0 Å². The second kappa shape index (κ2) is 5.65. The number of fused-ring (bicyclic) bond motifs is 1. The summed E-state index contributed by atoms with van der Waals surface area (Å²) in [5.41, 5.74) is 1.49. The van der Waals surface area contributed by atoms with E-state index in [0.29, 0.717) is 12.5 Å². The van der Waals surface area contributed by atoms with Gasteiger partial charge in [0.2, 0.25) is 5.91 Å². The maximum atomic E-state index is 12.4. The minimum absolute atomic E-state index is 0.135. The Balaban J connectivity index is 1.71. The minimum atomic E-state index is 0.135. The first-order valence-corrected chi connectivity index (χ1v) is 7.34. The molecule has 0 bridgehead atoms. The van der Waals surface area contributed by atoms with Gasteiger partial charge in [-0.2, -0.15) is 0 Å². The van der Waals surface area contributed by atoms with Gasteiger partial charge >= 0.3 is 0 Å². The summed E-state index contributed by atoms with van der Waals surface area (Å²) in [6, 6.07) is 8.08. The van der Waals surface area contributed by atoms with E-state index in [1.165, 1.54) is 19.3 Å². The Bertz CT molecular complexity index is 599. The Morgan fingerprint density at radius 3 is 2.85 bits per heavy atom. The molecule has 1 aliphatic rings. The van der Waals surface area contributed by atoms with Gasteiger partial charge in [-0.25, -0.2) is 0 Å². The first-order valence-electron chi connectivity index (χ1n) is 7.34. The third-order valence-corrected chi connectivity index (χ3v) is 4.29. The van der Waals surface area contributed by atoms with Gasteiger partial charge in [0.25, 0.3) is 0 Å². The van der Waals surface area contributed by atoms with Gasteiger partial charge in [0.05, 0.1) is 6.42 Å². The fourth-order valence-corrected chi connectivity index (χ4v) is 3.01. The lowest BCUT2D eigenvalue weighted by molar-refractivity contribution is -0.131. The van der Waals surface area contributed by atoms with E-state index in [9.17, 15) is 4.79 Å². The van der Waals surface area contributed by atoms with Crippen molar-refractivity contribution in [1.29, 1.82) is 0 Å². The zero-order valence-corrected chi connectivity index (χ0v) is 11.8. The fraction of sp³-hybridized carbons (Fsp3) is 0.500. The monoisotopic (exact) mass is 272 g/mol. The van der Waals surface area contributed by atoms with Crippen LogP contribution in [0.5, 0.6) is 0 Å². The average Bonchev–Trinajstić information content (AvgIpc) is 2.91. The van der Waals surface area contributed by atoms with Gasteiger partial charge in [0.15, 0.2) is 5.58 Å². The summed E-state index contributed by atoms with van der Waals surface area (Å²) in [6.07, 6.45) is 6.34. The number of para-hydroxylation sites is 1. The van der Waals surface area contributed by atoms with Crippen LogP contribution in [-0.4, -0.2) is 29.1 Å². The molecule has 0 saturated heterocycles. The molecule has 3 rings (SSSR count). The summed E-state index contributed by atoms with van der Waals surface area (Å²) in [4.78, 5) is 14.3. The third kappa shape index (κ3) is 2.55. The summed E-state index contributed by atoms with van der Waals surface area (Å²) in [5, 5.41) is 4.98. The van der Waals surface area contributed by atoms with Crippen LogP contribution in [0, 0.1) is 0 Å². The van der Waals surface area contributed by atoms with Crippen molar-refractivity contribution in [2.75, 3.05) is 7.05 Å². The Labute approximate surface area is 118 Å². The van der Waals surface area contributed by atoms with E-state index in [0.717, 1.165) is 29.5 Å². The van der Waals surface area contributed by atoms with E-state index < -0.39 is 0 Å². The van der Waals surface area contributed by atoms with Crippen LogP contribution in [0.4, 0.5) is 0 Å². The molecule has 1 aromatic heterocycles. The third-order valence-electron chi connectivity index (χ3n) is 4.29. The first kappa shape index (κ1) is 13.2. The minimum Gasteiger partial charge on any atom is -0.356 e. The lowest BCUT2D eigenvalue weighted by atomic mass is 9.94. The summed E-state index contributed by atoms with van der Waals surface area (Å²) in [7, 11) is 1.92. The van der Waals surface area contributed by atoms with Crippen molar-refractivity contribution in [3.05, 3.63) is 30.0 Å². The average molecular weight is 272 g/mol. The molecule has 1 saturated carbocycles. The first-order chi connectivity index (χ1) is 9.75. The molecule has 1 amide bonds. The topological polar surface area (TPSA) is 46.3 Å². The van der Waals surface area contributed by atoms with E-state index in [1.807, 2.05) is 36.2 Å². The zero-order chi connectivity index (χ0) is 13.9. The van der Waals surface area contributed by atoms with Gasteiger partial charge < -0.3 is 9.42 Å². The second-order valence-electron chi connectivity index (χ2n) is 5.60. The van der Waals surface area contributed by atoms with Crippen molar-refractivity contribution >= 4 is 16.9 Å². The highest BCUT2D eigenvalue weighted by Crippen LogP contribution is 2.23. The predicted molar refractivity (Wildman–Crippen MR) is 77.4 cm³/mol. The Kier molecular flexibility index (Phi) is 3.72. The van der Waals surface area contributed by atoms with Gasteiger partial charge in [-0.05, 0) is 25.0 Å². The van der Waals surface area contributed by atoms with E-state index in [2.05, 4.69) is 5.16 Å². The van der Waals surface area contributed by atoms with Crippen LogP contribution in [0.1, 0.15) is 37.8 Å². The summed E-state index contributed by atoms with van der Waals surface area (Å²) in [6.45, 7) is 0. The maximum absolute atomic E-state index is 12.4. The van der Waals surface area contributed by atoms with Crippen LogP contribution >= 0.6 is 0 Å².